The molecule has 0 radical (unpaired) electrons. The highest BCUT2D eigenvalue weighted by molar-refractivity contribution is 7.02. The van der Waals surface area contributed by atoms with Gasteiger partial charge in [0.1, 0.15) is 13.8 Å². The Hall–Kier alpha value is -1.48. The first kappa shape index (κ1) is 26.1. The number of rotatable bonds is 5. The zero-order valence-corrected chi connectivity index (χ0v) is 25.4. The second-order valence-electron chi connectivity index (χ2n) is 13.0. The SMILES string of the molecule is CC(C)(Cc1ccc2c(c1)[Si](C)(C)c1cc(O[Si](C)(C)C(C)(C)C)ccc1C2=O)[Si](C)(C)O. The summed E-state index contributed by atoms with van der Waals surface area (Å²) in [7, 11) is -6.41. The summed E-state index contributed by atoms with van der Waals surface area (Å²) in [5.74, 6) is 1.01. The number of benzene rings is 2. The van der Waals surface area contributed by atoms with Crippen LogP contribution in [0.2, 0.25) is 49.4 Å². The molecular weight excluding hydrogens is 457 g/mol. The van der Waals surface area contributed by atoms with Gasteiger partial charge in [-0.3, -0.25) is 4.79 Å². The monoisotopic (exact) mass is 498 g/mol. The maximum Gasteiger partial charge on any atom is 0.250 e. The second-order valence-corrected chi connectivity index (χ2v) is 26.5. The van der Waals surface area contributed by atoms with Crippen LogP contribution in [0.25, 0.3) is 0 Å². The van der Waals surface area contributed by atoms with Crippen LogP contribution in [0.5, 0.6) is 5.75 Å². The molecule has 1 N–H and O–H groups in total. The Balaban J connectivity index is 2.06. The minimum Gasteiger partial charge on any atom is -0.544 e. The molecule has 0 spiro atoms. The Morgan fingerprint density at radius 3 is 1.91 bits per heavy atom. The number of hydrogen-bond donors (Lipinski definition) is 1. The largest absolute Gasteiger partial charge is 0.544 e. The summed E-state index contributed by atoms with van der Waals surface area (Å²) in [6.07, 6.45) is 0.816. The zero-order chi connectivity index (χ0) is 25.2. The van der Waals surface area contributed by atoms with Crippen molar-refractivity contribution in [1.82, 2.24) is 0 Å². The van der Waals surface area contributed by atoms with Crippen molar-refractivity contribution in [2.24, 2.45) is 0 Å². The summed E-state index contributed by atoms with van der Waals surface area (Å²) in [6, 6.07) is 12.5. The summed E-state index contributed by atoms with van der Waals surface area (Å²) in [6.45, 7) is 24.3. The summed E-state index contributed by atoms with van der Waals surface area (Å²) < 4.78 is 6.60. The third-order valence-electron chi connectivity index (χ3n) is 8.39. The molecule has 1 aliphatic rings. The molecule has 0 fully saturated rings. The van der Waals surface area contributed by atoms with Crippen molar-refractivity contribution in [2.75, 3.05) is 0 Å². The van der Waals surface area contributed by atoms with E-state index in [1.165, 1.54) is 15.9 Å². The van der Waals surface area contributed by atoms with Crippen molar-refractivity contribution in [3.05, 3.63) is 53.1 Å². The average Bonchev–Trinajstić information content (AvgIpc) is 2.64. The van der Waals surface area contributed by atoms with E-state index in [9.17, 15) is 9.59 Å². The highest BCUT2D eigenvalue weighted by Crippen LogP contribution is 2.39. The Morgan fingerprint density at radius 1 is 0.879 bits per heavy atom. The smallest absolute Gasteiger partial charge is 0.250 e. The number of carbonyl (C=O) groups is 1. The molecule has 1 heterocycles. The van der Waals surface area contributed by atoms with E-state index in [2.05, 4.69) is 79.0 Å². The Kier molecular flexibility index (Phi) is 6.37. The summed E-state index contributed by atoms with van der Waals surface area (Å²) >= 11 is 0. The quantitative estimate of drug-likeness (QED) is 0.518. The van der Waals surface area contributed by atoms with Crippen LogP contribution >= 0.6 is 0 Å². The molecule has 0 aliphatic carbocycles. The minimum absolute atomic E-state index is 0.115. The van der Waals surface area contributed by atoms with E-state index in [0.29, 0.717) is 0 Å². The normalized spacial score (nSPS) is 16.3. The van der Waals surface area contributed by atoms with Gasteiger partial charge >= 0.3 is 0 Å². The molecule has 0 saturated heterocycles. The summed E-state index contributed by atoms with van der Waals surface area (Å²) in [5, 5.41) is 2.34. The van der Waals surface area contributed by atoms with Gasteiger partial charge in [0.25, 0.3) is 0 Å². The molecule has 0 aromatic heterocycles. The van der Waals surface area contributed by atoms with Crippen LogP contribution in [-0.2, 0) is 6.42 Å². The van der Waals surface area contributed by atoms with Gasteiger partial charge in [-0.05, 0) is 76.8 Å². The molecule has 3 rings (SSSR count). The van der Waals surface area contributed by atoms with Gasteiger partial charge in [0.15, 0.2) is 14.1 Å². The molecule has 0 saturated carbocycles. The predicted molar refractivity (Wildman–Crippen MR) is 148 cm³/mol. The fourth-order valence-electron chi connectivity index (χ4n) is 4.18. The first-order valence-corrected chi connectivity index (χ1v) is 20.9. The lowest BCUT2D eigenvalue weighted by molar-refractivity contribution is 0.104. The van der Waals surface area contributed by atoms with Crippen molar-refractivity contribution in [2.45, 2.75) is 90.4 Å². The van der Waals surface area contributed by atoms with Crippen molar-refractivity contribution in [3.63, 3.8) is 0 Å². The van der Waals surface area contributed by atoms with Crippen LogP contribution in [0.1, 0.15) is 56.1 Å². The number of fused-ring (bicyclic) bond motifs is 2. The second kappa shape index (κ2) is 8.04. The molecule has 3 nitrogen and oxygen atoms in total. The molecule has 2 aromatic rings. The fraction of sp³-hybridized carbons (Fsp3) is 0.519. The van der Waals surface area contributed by atoms with Crippen LogP contribution < -0.4 is 14.8 Å². The van der Waals surface area contributed by atoms with E-state index in [-0.39, 0.29) is 15.9 Å². The Morgan fingerprint density at radius 2 is 1.39 bits per heavy atom. The fourth-order valence-corrected chi connectivity index (χ4v) is 8.92. The first-order valence-electron chi connectivity index (χ1n) is 12.0. The topological polar surface area (TPSA) is 46.5 Å². The van der Waals surface area contributed by atoms with Gasteiger partial charge in [-0.1, -0.05) is 65.9 Å². The standard InChI is InChI=1S/C27H42O3Si3/c1-26(2,3)33(10,11)30-20-13-15-22-24(17-20)31(6,7)23-16-19(12-14-21(23)25(22)28)18-27(4,5)32(8,9)29/h12-17,29H,18H2,1-11H3. The van der Waals surface area contributed by atoms with Crippen molar-refractivity contribution in [3.8, 4) is 5.75 Å². The maximum atomic E-state index is 13.5. The predicted octanol–water partition coefficient (Wildman–Crippen LogP) is 5.96. The molecule has 1 aliphatic heterocycles. The van der Waals surface area contributed by atoms with E-state index in [4.69, 9.17) is 4.43 Å². The van der Waals surface area contributed by atoms with E-state index in [1.54, 1.807) is 0 Å². The molecule has 180 valence electrons. The van der Waals surface area contributed by atoms with Crippen molar-refractivity contribution < 1.29 is 14.0 Å². The third-order valence-corrected chi connectivity index (χ3v) is 19.8. The molecule has 0 bridgehead atoms. The molecule has 0 atom stereocenters. The van der Waals surface area contributed by atoms with E-state index in [1.807, 2.05) is 31.3 Å². The average molecular weight is 499 g/mol. The van der Waals surface area contributed by atoms with Crippen LogP contribution in [0.15, 0.2) is 36.4 Å². The third kappa shape index (κ3) is 4.72. The Bertz CT molecular complexity index is 1000. The lowest BCUT2D eigenvalue weighted by atomic mass is 9.97. The van der Waals surface area contributed by atoms with Gasteiger partial charge in [-0.15, -0.1) is 0 Å². The van der Waals surface area contributed by atoms with E-state index < -0.39 is 24.7 Å². The van der Waals surface area contributed by atoms with Crippen LogP contribution in [0.4, 0.5) is 0 Å². The van der Waals surface area contributed by atoms with Gasteiger partial charge in [0, 0.05) is 11.1 Å². The van der Waals surface area contributed by atoms with Gasteiger partial charge in [-0.2, -0.15) is 0 Å². The molecule has 33 heavy (non-hydrogen) atoms. The molecular formula is C27H42O3Si3. The lowest BCUT2D eigenvalue weighted by Crippen LogP contribution is -2.60. The lowest BCUT2D eigenvalue weighted by Gasteiger charge is -2.38. The van der Waals surface area contributed by atoms with Gasteiger partial charge in [-0.25, -0.2) is 0 Å². The summed E-state index contributed by atoms with van der Waals surface area (Å²) in [5.41, 5.74) is 2.89. The van der Waals surface area contributed by atoms with Crippen molar-refractivity contribution in [1.29, 1.82) is 0 Å². The Labute approximate surface area is 203 Å². The van der Waals surface area contributed by atoms with E-state index in [0.717, 1.165) is 23.3 Å². The minimum atomic E-state index is -2.32. The van der Waals surface area contributed by atoms with E-state index >= 15 is 0 Å². The number of ketones is 1. The first-order chi connectivity index (χ1) is 14.8. The molecule has 2 aromatic carbocycles. The highest BCUT2D eigenvalue weighted by Gasteiger charge is 2.42. The molecule has 0 amide bonds. The van der Waals surface area contributed by atoms with Crippen LogP contribution in [-0.4, -0.2) is 35.3 Å². The van der Waals surface area contributed by atoms with Crippen LogP contribution in [0.3, 0.4) is 0 Å². The van der Waals surface area contributed by atoms with Gasteiger partial charge in [0.05, 0.1) is 0 Å². The summed E-state index contributed by atoms with van der Waals surface area (Å²) in [4.78, 5) is 24.2. The highest BCUT2D eigenvalue weighted by atomic mass is 28.4. The molecule has 6 heteroatoms. The zero-order valence-electron chi connectivity index (χ0n) is 22.4. The van der Waals surface area contributed by atoms with Crippen molar-refractivity contribution >= 4 is 40.9 Å². The number of carbonyl (C=O) groups excluding carboxylic acids is 1. The van der Waals surface area contributed by atoms with Gasteiger partial charge < -0.3 is 9.22 Å². The van der Waals surface area contributed by atoms with Crippen LogP contribution in [0, 0.1) is 0 Å². The molecule has 0 unspecified atom stereocenters. The number of hydrogen-bond acceptors (Lipinski definition) is 3. The van der Waals surface area contributed by atoms with Gasteiger partial charge in [0.2, 0.25) is 8.32 Å². The maximum absolute atomic E-state index is 13.5.